The molecule has 0 aliphatic rings. The summed E-state index contributed by atoms with van der Waals surface area (Å²) in [7, 11) is 0. The monoisotopic (exact) mass is 299 g/mol. The van der Waals surface area contributed by atoms with Crippen LogP contribution < -0.4 is 0 Å². The van der Waals surface area contributed by atoms with Gasteiger partial charge in [0, 0.05) is 0 Å². The maximum atomic E-state index is 5.12. The summed E-state index contributed by atoms with van der Waals surface area (Å²) in [5.41, 5.74) is 0. The van der Waals surface area contributed by atoms with Crippen molar-refractivity contribution in [3.05, 3.63) is 0 Å². The Hall–Kier alpha value is 0.388. The Bertz CT molecular complexity index is 91.7. The molecular formula is C6H11O2W. The van der Waals surface area contributed by atoms with E-state index < -0.39 is 0 Å². The zero-order valence-corrected chi connectivity index (χ0v) is 8.65. The molecule has 0 saturated heterocycles. The minimum atomic E-state index is -0.199. The third-order valence-corrected chi connectivity index (χ3v) is 1.42. The average Bonchev–Trinajstić information content (AvgIpc) is 1.88. The second-order valence-electron chi connectivity index (χ2n) is 1.36. The van der Waals surface area contributed by atoms with Crippen molar-refractivity contribution in [2.75, 3.05) is 13.2 Å². The molecule has 2 nitrogen and oxygen atoms in total. The van der Waals surface area contributed by atoms with E-state index in [2.05, 4.69) is 4.20 Å². The zero-order chi connectivity index (χ0) is 7.11. The van der Waals surface area contributed by atoms with E-state index in [4.69, 9.17) is 9.47 Å². The Labute approximate surface area is 66.5 Å². The molecule has 0 radical (unpaired) electrons. The Morgan fingerprint density at radius 2 is 1.78 bits per heavy atom. The normalized spacial score (nSPS) is 9.56. The van der Waals surface area contributed by atoms with Gasteiger partial charge in [-0.2, -0.15) is 0 Å². The van der Waals surface area contributed by atoms with Crippen LogP contribution in [0.25, 0.3) is 0 Å². The Kier molecular flexibility index (Phi) is 6.79. The molecule has 0 aromatic rings. The first kappa shape index (κ1) is 9.39. The van der Waals surface area contributed by atoms with E-state index in [1.54, 1.807) is 0 Å². The van der Waals surface area contributed by atoms with Crippen molar-refractivity contribution in [3.63, 3.8) is 0 Å². The predicted molar refractivity (Wildman–Crippen MR) is 30.9 cm³/mol. The van der Waals surface area contributed by atoms with Gasteiger partial charge in [-0.25, -0.2) is 0 Å². The van der Waals surface area contributed by atoms with E-state index in [1.807, 2.05) is 13.8 Å². The van der Waals surface area contributed by atoms with Gasteiger partial charge in [0.1, 0.15) is 0 Å². The van der Waals surface area contributed by atoms with Crippen molar-refractivity contribution in [1.29, 1.82) is 0 Å². The molecule has 0 fully saturated rings. The van der Waals surface area contributed by atoms with Gasteiger partial charge in [0.05, 0.1) is 0 Å². The van der Waals surface area contributed by atoms with Crippen LogP contribution in [0.2, 0.25) is 0 Å². The molecule has 0 aromatic carbocycles. The average molecular weight is 299 g/mol. The van der Waals surface area contributed by atoms with Gasteiger partial charge in [0.15, 0.2) is 0 Å². The van der Waals surface area contributed by atoms with Gasteiger partial charge >= 0.3 is 66.2 Å². The summed E-state index contributed by atoms with van der Waals surface area (Å²) in [6.07, 6.45) is -0.199. The Balaban J connectivity index is 3.32. The van der Waals surface area contributed by atoms with Crippen molar-refractivity contribution >= 4 is 0 Å². The Morgan fingerprint density at radius 1 is 1.33 bits per heavy atom. The molecule has 53 valence electrons. The van der Waals surface area contributed by atoms with E-state index in [0.717, 1.165) is 0 Å². The first-order valence-electron chi connectivity index (χ1n) is 2.96. The fraction of sp³-hybridized carbons (Fsp3) is 0.833. The number of hydrogen-bond acceptors (Lipinski definition) is 2. The molecule has 0 N–H and O–H groups in total. The van der Waals surface area contributed by atoms with Gasteiger partial charge < -0.3 is 0 Å². The summed E-state index contributed by atoms with van der Waals surface area (Å²) in [6, 6.07) is 0. The van der Waals surface area contributed by atoms with Crippen LogP contribution in [0, 0.1) is 4.20 Å². The molecule has 0 aliphatic heterocycles. The quantitative estimate of drug-likeness (QED) is 0.718. The van der Waals surface area contributed by atoms with Crippen molar-refractivity contribution in [1.82, 2.24) is 0 Å². The van der Waals surface area contributed by atoms with Crippen LogP contribution in [-0.4, -0.2) is 19.5 Å². The van der Waals surface area contributed by atoms with Crippen LogP contribution in [-0.2, 0) is 28.6 Å². The molecule has 9 heavy (non-hydrogen) atoms. The molecule has 0 bridgehead atoms. The summed E-state index contributed by atoms with van der Waals surface area (Å²) in [6.45, 7) is 5.26. The van der Waals surface area contributed by atoms with Crippen LogP contribution >= 0.6 is 0 Å². The van der Waals surface area contributed by atoms with Crippen molar-refractivity contribution in [3.8, 4) is 4.20 Å². The van der Waals surface area contributed by atoms with E-state index in [9.17, 15) is 0 Å². The summed E-state index contributed by atoms with van der Waals surface area (Å²) in [4.78, 5) is 0. The first-order valence-corrected chi connectivity index (χ1v) is 4.42. The summed E-state index contributed by atoms with van der Waals surface area (Å²) >= 11 is 1.26. The summed E-state index contributed by atoms with van der Waals surface area (Å²) in [5, 5.41) is 0. The zero-order valence-electron chi connectivity index (χ0n) is 5.72. The van der Waals surface area contributed by atoms with E-state index >= 15 is 0 Å². The molecule has 0 atom stereocenters. The number of rotatable bonds is 4. The van der Waals surface area contributed by atoms with Crippen LogP contribution in [0.15, 0.2) is 0 Å². The van der Waals surface area contributed by atoms with Gasteiger partial charge in [-0.05, 0) is 0 Å². The molecular weight excluding hydrogens is 288 g/mol. The predicted octanol–water partition coefficient (Wildman–Crippen LogP) is 0.891. The van der Waals surface area contributed by atoms with Crippen LogP contribution in [0.5, 0.6) is 0 Å². The molecule has 0 rings (SSSR count). The van der Waals surface area contributed by atoms with Gasteiger partial charge in [-0.1, -0.05) is 0 Å². The molecule has 0 aliphatic carbocycles. The van der Waals surface area contributed by atoms with Crippen LogP contribution in [0.3, 0.4) is 0 Å². The molecule has 0 spiro atoms. The summed E-state index contributed by atoms with van der Waals surface area (Å²) < 4.78 is 13.2. The third kappa shape index (κ3) is 4.87. The van der Waals surface area contributed by atoms with E-state index in [1.165, 1.54) is 19.2 Å². The van der Waals surface area contributed by atoms with Gasteiger partial charge in [-0.3, -0.25) is 0 Å². The second-order valence-corrected chi connectivity index (χ2v) is 2.21. The van der Waals surface area contributed by atoms with Gasteiger partial charge in [0.25, 0.3) is 0 Å². The topological polar surface area (TPSA) is 18.5 Å². The van der Waals surface area contributed by atoms with Gasteiger partial charge in [0.2, 0.25) is 0 Å². The molecule has 0 unspecified atom stereocenters. The Morgan fingerprint density at radius 3 is 2.00 bits per heavy atom. The van der Waals surface area contributed by atoms with Crippen molar-refractivity contribution in [2.24, 2.45) is 0 Å². The fourth-order valence-corrected chi connectivity index (χ4v) is 0.908. The number of ether oxygens (including phenoxy) is 2. The molecule has 0 heterocycles. The third-order valence-electron chi connectivity index (χ3n) is 0.732. The number of hydrogen-bond donors (Lipinski definition) is 0. The van der Waals surface area contributed by atoms with E-state index in [0.29, 0.717) is 13.2 Å². The standard InChI is InChI=1S/C6H11O2.W/c1-4-7-6(3)8-5-2;/h6H,4-5H2,1-2H3;. The summed E-state index contributed by atoms with van der Waals surface area (Å²) in [5.74, 6) is 0. The molecule has 0 amide bonds. The van der Waals surface area contributed by atoms with Crippen molar-refractivity contribution < 1.29 is 28.6 Å². The molecule has 0 aromatic heterocycles. The van der Waals surface area contributed by atoms with E-state index in [-0.39, 0.29) is 6.29 Å². The van der Waals surface area contributed by atoms with Gasteiger partial charge in [-0.15, -0.1) is 0 Å². The first-order chi connectivity index (χ1) is 4.35. The maximum absolute atomic E-state index is 5.12. The SMILES string of the molecule is CCOC([C]#[W])OCC. The van der Waals surface area contributed by atoms with Crippen LogP contribution in [0.4, 0.5) is 0 Å². The second kappa shape index (κ2) is 6.51. The van der Waals surface area contributed by atoms with Crippen molar-refractivity contribution in [2.45, 2.75) is 20.1 Å². The molecule has 3 heteroatoms. The molecule has 0 saturated carbocycles. The van der Waals surface area contributed by atoms with Crippen LogP contribution in [0.1, 0.15) is 13.8 Å². The fourth-order valence-electron chi connectivity index (χ4n) is 0.419. The minimum absolute atomic E-state index is 0.199.